The molecule has 2 amide bonds. The van der Waals surface area contributed by atoms with Crippen LogP contribution in [0, 0.1) is 0 Å². The second-order valence-corrected chi connectivity index (χ2v) is 26.6. The SMILES string of the molecule is CO[C@@H]1[C@H](O[Si](C)(C)C(C)(C)C)[C@@H](CO[Si](C)(C)C(C)(C)C)O[C@H]1n1cnc2c(NC(=O)NC3CCC(OC(=O)CCC(C)=O)CC3)ncnc21. The topological polar surface area (TPSA) is 165 Å². The van der Waals surface area contributed by atoms with E-state index >= 15 is 0 Å². The van der Waals surface area contributed by atoms with E-state index in [1.165, 1.54) is 13.3 Å². The zero-order valence-corrected chi connectivity index (χ0v) is 34.6. The van der Waals surface area contributed by atoms with E-state index < -0.39 is 47.2 Å². The van der Waals surface area contributed by atoms with Crippen LogP contribution in [0.3, 0.4) is 0 Å². The van der Waals surface area contributed by atoms with E-state index in [4.69, 9.17) is 23.1 Å². The molecule has 1 saturated heterocycles. The molecule has 0 bridgehead atoms. The van der Waals surface area contributed by atoms with Crippen LogP contribution in [0.5, 0.6) is 0 Å². The molecule has 2 aromatic heterocycles. The number of nitrogens with one attached hydrogen (secondary N) is 2. The number of ether oxygens (including phenoxy) is 3. The van der Waals surface area contributed by atoms with Crippen LogP contribution < -0.4 is 10.6 Å². The molecule has 3 heterocycles. The Kier molecular flexibility index (Phi) is 12.9. The molecule has 16 heteroatoms. The third kappa shape index (κ3) is 10.0. The minimum Gasteiger partial charge on any atom is -0.462 e. The summed E-state index contributed by atoms with van der Waals surface area (Å²) in [4.78, 5) is 49.8. The van der Waals surface area contributed by atoms with Crippen molar-refractivity contribution < 1.29 is 37.4 Å². The number of aromatic nitrogens is 4. The molecule has 4 rings (SSSR count). The number of methoxy groups -OCH3 is 1. The monoisotopic (exact) mass is 748 g/mol. The first-order chi connectivity index (χ1) is 23.6. The average Bonchev–Trinajstić information content (AvgIpc) is 3.60. The van der Waals surface area contributed by atoms with Crippen molar-refractivity contribution in [3.05, 3.63) is 12.7 Å². The second kappa shape index (κ2) is 16.1. The molecule has 0 aromatic carbocycles. The maximum absolute atomic E-state index is 13.1. The van der Waals surface area contributed by atoms with E-state index in [0.717, 1.165) is 0 Å². The minimum atomic E-state index is -2.26. The number of anilines is 1. The maximum atomic E-state index is 13.1. The fourth-order valence-electron chi connectivity index (χ4n) is 5.79. The lowest BCUT2D eigenvalue weighted by Crippen LogP contribution is -2.51. The van der Waals surface area contributed by atoms with E-state index in [9.17, 15) is 14.4 Å². The Morgan fingerprint density at radius 2 is 1.57 bits per heavy atom. The molecule has 1 aliphatic carbocycles. The number of Topliss-reactive ketones (excluding diaryl/α,β-unsaturated/α-hetero) is 1. The van der Waals surface area contributed by atoms with Gasteiger partial charge in [0.2, 0.25) is 0 Å². The molecule has 2 fully saturated rings. The van der Waals surface area contributed by atoms with Crippen molar-refractivity contribution in [3.8, 4) is 0 Å². The number of hydrogen-bond donors (Lipinski definition) is 2. The summed E-state index contributed by atoms with van der Waals surface area (Å²) >= 11 is 0. The Labute approximate surface area is 304 Å². The van der Waals surface area contributed by atoms with E-state index in [2.05, 4.69) is 93.3 Å². The molecule has 14 nitrogen and oxygen atoms in total. The highest BCUT2D eigenvalue weighted by Gasteiger charge is 2.52. The lowest BCUT2D eigenvalue weighted by molar-refractivity contribution is -0.151. The Morgan fingerprint density at radius 3 is 2.16 bits per heavy atom. The summed E-state index contributed by atoms with van der Waals surface area (Å²) in [5.41, 5.74) is 0.895. The predicted molar refractivity (Wildman–Crippen MR) is 199 cm³/mol. The molecule has 2 N–H and O–H groups in total. The van der Waals surface area contributed by atoms with Gasteiger partial charge in [0.05, 0.1) is 19.4 Å². The van der Waals surface area contributed by atoms with Crippen molar-refractivity contribution in [3.63, 3.8) is 0 Å². The number of carbonyl (C=O) groups excluding carboxylic acids is 3. The summed E-state index contributed by atoms with van der Waals surface area (Å²) in [6, 6.07) is -0.506. The highest BCUT2D eigenvalue weighted by Crippen LogP contribution is 2.44. The van der Waals surface area contributed by atoms with E-state index in [-0.39, 0.29) is 52.6 Å². The van der Waals surface area contributed by atoms with Gasteiger partial charge < -0.3 is 33.2 Å². The van der Waals surface area contributed by atoms with Crippen LogP contribution in [-0.2, 0) is 32.7 Å². The molecule has 2 aliphatic rings. The van der Waals surface area contributed by atoms with Crippen molar-refractivity contribution in [2.75, 3.05) is 19.0 Å². The number of hydrogen-bond acceptors (Lipinski definition) is 11. The highest BCUT2D eigenvalue weighted by molar-refractivity contribution is 6.74. The first-order valence-electron chi connectivity index (χ1n) is 18.1. The summed E-state index contributed by atoms with van der Waals surface area (Å²) in [7, 11) is -2.69. The van der Waals surface area contributed by atoms with Crippen LogP contribution in [-0.4, -0.2) is 98.1 Å². The summed E-state index contributed by atoms with van der Waals surface area (Å²) in [5.74, 6) is -0.135. The van der Waals surface area contributed by atoms with Crippen molar-refractivity contribution in [1.29, 1.82) is 0 Å². The Bertz CT molecular complexity index is 1530. The van der Waals surface area contributed by atoms with Gasteiger partial charge in [-0.15, -0.1) is 0 Å². The van der Waals surface area contributed by atoms with E-state index in [0.29, 0.717) is 43.5 Å². The van der Waals surface area contributed by atoms with Crippen LogP contribution in [0.2, 0.25) is 36.3 Å². The van der Waals surface area contributed by atoms with Gasteiger partial charge in [-0.3, -0.25) is 14.7 Å². The van der Waals surface area contributed by atoms with Gasteiger partial charge >= 0.3 is 12.0 Å². The summed E-state index contributed by atoms with van der Waals surface area (Å²) in [5, 5.41) is 5.85. The molecule has 4 atom stereocenters. The molecule has 1 aliphatic heterocycles. The fraction of sp³-hybridized carbons (Fsp3) is 0.771. The third-order valence-corrected chi connectivity index (χ3v) is 20.0. The van der Waals surface area contributed by atoms with Gasteiger partial charge in [0.1, 0.15) is 36.5 Å². The van der Waals surface area contributed by atoms with Gasteiger partial charge in [-0.2, -0.15) is 0 Å². The zero-order chi connectivity index (χ0) is 37.9. The largest absolute Gasteiger partial charge is 0.462 e. The Morgan fingerprint density at radius 1 is 0.922 bits per heavy atom. The molecule has 2 aromatic rings. The molecule has 0 spiro atoms. The second-order valence-electron chi connectivity index (χ2n) is 17.0. The van der Waals surface area contributed by atoms with Gasteiger partial charge in [-0.05, 0) is 68.9 Å². The molecular formula is C35H60N6O8Si2. The van der Waals surface area contributed by atoms with Gasteiger partial charge in [0, 0.05) is 19.6 Å². The normalized spacial score (nSPS) is 24.8. The summed E-state index contributed by atoms with van der Waals surface area (Å²) < 4.78 is 33.9. The van der Waals surface area contributed by atoms with Crippen LogP contribution in [0.1, 0.15) is 93.2 Å². The number of imidazole rings is 1. The van der Waals surface area contributed by atoms with Crippen LogP contribution >= 0.6 is 0 Å². The quantitative estimate of drug-likeness (QED) is 0.170. The molecule has 0 unspecified atom stereocenters. The number of fused-ring (bicyclic) bond motifs is 1. The number of amides is 2. The molecule has 0 radical (unpaired) electrons. The smallest absolute Gasteiger partial charge is 0.320 e. The lowest BCUT2D eigenvalue weighted by Gasteiger charge is -2.41. The molecule has 1 saturated carbocycles. The van der Waals surface area contributed by atoms with Crippen LogP contribution in [0.25, 0.3) is 11.2 Å². The van der Waals surface area contributed by atoms with E-state index in [1.807, 2.05) is 4.57 Å². The first-order valence-corrected chi connectivity index (χ1v) is 23.9. The number of carbonyl (C=O) groups is 3. The van der Waals surface area contributed by atoms with Crippen molar-refractivity contribution in [2.45, 2.75) is 160 Å². The summed E-state index contributed by atoms with van der Waals surface area (Å²) in [6.07, 6.45) is 3.76. The van der Waals surface area contributed by atoms with Crippen molar-refractivity contribution >= 4 is 51.4 Å². The van der Waals surface area contributed by atoms with Gasteiger partial charge in [-0.25, -0.2) is 19.7 Å². The Hall–Kier alpha value is -2.77. The molecule has 51 heavy (non-hydrogen) atoms. The lowest BCUT2D eigenvalue weighted by atomic mass is 9.93. The predicted octanol–water partition coefficient (Wildman–Crippen LogP) is 6.50. The third-order valence-electron chi connectivity index (χ3n) is 11.1. The van der Waals surface area contributed by atoms with Gasteiger partial charge in [0.15, 0.2) is 39.8 Å². The number of rotatable bonds is 13. The average molecular weight is 749 g/mol. The first kappa shape index (κ1) is 41.0. The zero-order valence-electron chi connectivity index (χ0n) is 32.6. The van der Waals surface area contributed by atoms with Gasteiger partial charge in [-0.1, -0.05) is 41.5 Å². The molecular weight excluding hydrogens is 689 g/mol. The summed E-state index contributed by atoms with van der Waals surface area (Å²) in [6.45, 7) is 24.0. The fourth-order valence-corrected chi connectivity index (χ4v) is 8.12. The number of esters is 1. The number of ketones is 1. The highest BCUT2D eigenvalue weighted by atomic mass is 28.4. The van der Waals surface area contributed by atoms with Crippen LogP contribution in [0.4, 0.5) is 10.6 Å². The minimum absolute atomic E-state index is 0.0282. The number of urea groups is 1. The van der Waals surface area contributed by atoms with E-state index in [1.54, 1.807) is 13.4 Å². The standard InChI is InChI=1S/C35H60N6O8Si2/c1-22(42)13-18-26(43)47-24-16-14-23(15-17-24)39-33(44)40-30-27-31(37-20-36-30)41(21-38-27)32-29(45-8)28(49-51(11,12)35(5,6)7)25(48-32)19-46-50(9,10)34(2,3)4/h20-21,23-25,28-29,32H,13-19H2,1-12H3,(H2,36,37,39,40,44)/t23?,24?,25-,28-,29-,32-/m1/s1. The Balaban J connectivity index is 1.48. The van der Waals surface area contributed by atoms with Gasteiger partial charge in [0.25, 0.3) is 0 Å². The van der Waals surface area contributed by atoms with Crippen molar-refractivity contribution in [2.24, 2.45) is 0 Å². The van der Waals surface area contributed by atoms with Crippen LogP contribution in [0.15, 0.2) is 12.7 Å². The maximum Gasteiger partial charge on any atom is 0.320 e. The molecule has 286 valence electrons. The number of nitrogens with zero attached hydrogens (tertiary/aromatic N) is 4. The van der Waals surface area contributed by atoms with Crippen molar-refractivity contribution in [1.82, 2.24) is 24.8 Å².